The number of hydrogen-bond acceptors (Lipinski definition) is 3. The molecule has 0 bridgehead atoms. The number of ketones is 2. The van der Waals surface area contributed by atoms with Gasteiger partial charge in [0.2, 0.25) is 5.91 Å². The van der Waals surface area contributed by atoms with Crippen molar-refractivity contribution in [2.24, 2.45) is 0 Å². The molecule has 0 radical (unpaired) electrons. The lowest BCUT2D eigenvalue weighted by Crippen LogP contribution is -2.22. The maximum atomic E-state index is 10.7. The predicted molar refractivity (Wildman–Crippen MR) is 39.0 cm³/mol. The lowest BCUT2D eigenvalue weighted by Gasteiger charge is -1.95. The van der Waals surface area contributed by atoms with E-state index >= 15 is 0 Å². The third kappa shape index (κ3) is 5.26. The van der Waals surface area contributed by atoms with E-state index in [4.69, 9.17) is 0 Å². The second-order valence-electron chi connectivity index (χ2n) is 2.27. The van der Waals surface area contributed by atoms with Crippen LogP contribution >= 0.6 is 0 Å². The summed E-state index contributed by atoms with van der Waals surface area (Å²) in [6.45, 7) is 1.32. The Labute approximate surface area is 65.0 Å². The van der Waals surface area contributed by atoms with E-state index in [0.717, 1.165) is 0 Å². The molecule has 0 fully saturated rings. The van der Waals surface area contributed by atoms with Crippen LogP contribution in [-0.4, -0.2) is 24.5 Å². The van der Waals surface area contributed by atoms with Gasteiger partial charge in [-0.2, -0.15) is 0 Å². The zero-order valence-corrected chi connectivity index (χ0v) is 6.64. The molecule has 0 atom stereocenters. The fourth-order valence-electron chi connectivity index (χ4n) is 0.608. The van der Waals surface area contributed by atoms with Gasteiger partial charge in [0.15, 0.2) is 0 Å². The molecule has 62 valence electrons. The smallest absolute Gasteiger partial charge is 0.227 e. The molecule has 0 aliphatic heterocycles. The van der Waals surface area contributed by atoms with E-state index in [0.29, 0.717) is 0 Å². The first-order chi connectivity index (χ1) is 5.06. The first-order valence-electron chi connectivity index (χ1n) is 3.28. The highest BCUT2D eigenvalue weighted by Crippen LogP contribution is 1.90. The van der Waals surface area contributed by atoms with Gasteiger partial charge in [0.05, 0.1) is 12.8 Å². The SMILES string of the molecule is CNC(=O)CC(=O)CC(C)=O. The van der Waals surface area contributed by atoms with Gasteiger partial charge in [-0.3, -0.25) is 14.4 Å². The van der Waals surface area contributed by atoms with E-state index in [-0.39, 0.29) is 30.3 Å². The Balaban J connectivity index is 3.70. The Morgan fingerprint density at radius 2 is 1.73 bits per heavy atom. The summed E-state index contributed by atoms with van der Waals surface area (Å²) in [6, 6.07) is 0. The molecule has 0 saturated carbocycles. The average Bonchev–Trinajstić information content (AvgIpc) is 1.85. The number of hydrogen-bond donors (Lipinski definition) is 1. The van der Waals surface area contributed by atoms with E-state index in [1.165, 1.54) is 14.0 Å². The van der Waals surface area contributed by atoms with Crippen molar-refractivity contribution in [2.45, 2.75) is 19.8 Å². The van der Waals surface area contributed by atoms with Crippen molar-refractivity contribution in [3.63, 3.8) is 0 Å². The zero-order valence-electron chi connectivity index (χ0n) is 6.64. The van der Waals surface area contributed by atoms with E-state index in [1.807, 2.05) is 0 Å². The Morgan fingerprint density at radius 3 is 2.09 bits per heavy atom. The normalized spacial score (nSPS) is 8.91. The van der Waals surface area contributed by atoms with Crippen LogP contribution in [0.2, 0.25) is 0 Å². The maximum Gasteiger partial charge on any atom is 0.227 e. The van der Waals surface area contributed by atoms with Crippen LogP contribution in [0.25, 0.3) is 0 Å². The minimum absolute atomic E-state index is 0.145. The molecule has 0 aromatic heterocycles. The molecular weight excluding hydrogens is 146 g/mol. The van der Waals surface area contributed by atoms with Crippen LogP contribution in [0, 0.1) is 0 Å². The minimum atomic E-state index is -0.351. The largest absolute Gasteiger partial charge is 0.359 e. The number of carbonyl (C=O) groups excluding carboxylic acids is 3. The standard InChI is InChI=1S/C7H11NO3/c1-5(9)3-6(10)4-7(11)8-2/h3-4H2,1-2H3,(H,8,11). The van der Waals surface area contributed by atoms with Crippen molar-refractivity contribution in [1.82, 2.24) is 5.32 Å². The molecule has 0 heterocycles. The van der Waals surface area contributed by atoms with E-state index < -0.39 is 0 Å². The van der Waals surface area contributed by atoms with Gasteiger partial charge in [0.25, 0.3) is 0 Å². The van der Waals surface area contributed by atoms with Crippen molar-refractivity contribution in [1.29, 1.82) is 0 Å². The van der Waals surface area contributed by atoms with E-state index in [9.17, 15) is 14.4 Å². The van der Waals surface area contributed by atoms with Gasteiger partial charge in [-0.05, 0) is 6.92 Å². The molecule has 4 heteroatoms. The average molecular weight is 157 g/mol. The van der Waals surface area contributed by atoms with Gasteiger partial charge >= 0.3 is 0 Å². The molecule has 0 saturated heterocycles. The van der Waals surface area contributed by atoms with Crippen molar-refractivity contribution < 1.29 is 14.4 Å². The van der Waals surface area contributed by atoms with Crippen LogP contribution in [0.5, 0.6) is 0 Å². The number of Topliss-reactive ketones (excluding diaryl/α,β-unsaturated/α-hetero) is 2. The Hall–Kier alpha value is -1.19. The van der Waals surface area contributed by atoms with Crippen LogP contribution in [0.15, 0.2) is 0 Å². The first kappa shape index (κ1) is 9.81. The fourth-order valence-corrected chi connectivity index (χ4v) is 0.608. The summed E-state index contributed by atoms with van der Waals surface area (Å²) in [4.78, 5) is 31.7. The van der Waals surface area contributed by atoms with Crippen molar-refractivity contribution in [2.75, 3.05) is 7.05 Å². The quantitative estimate of drug-likeness (QED) is 0.568. The molecular formula is C7H11NO3. The lowest BCUT2D eigenvalue weighted by atomic mass is 10.1. The second-order valence-corrected chi connectivity index (χ2v) is 2.27. The van der Waals surface area contributed by atoms with Gasteiger partial charge in [0.1, 0.15) is 11.6 Å². The van der Waals surface area contributed by atoms with Gasteiger partial charge in [-0.25, -0.2) is 0 Å². The van der Waals surface area contributed by atoms with Crippen LogP contribution in [0.4, 0.5) is 0 Å². The summed E-state index contributed by atoms with van der Waals surface area (Å²) in [5.41, 5.74) is 0. The van der Waals surface area contributed by atoms with Gasteiger partial charge in [-0.15, -0.1) is 0 Å². The topological polar surface area (TPSA) is 63.2 Å². The van der Waals surface area contributed by atoms with Gasteiger partial charge in [0, 0.05) is 7.05 Å². The fraction of sp³-hybridized carbons (Fsp3) is 0.571. The molecule has 4 nitrogen and oxygen atoms in total. The number of amides is 1. The highest BCUT2D eigenvalue weighted by molar-refractivity contribution is 6.06. The van der Waals surface area contributed by atoms with Gasteiger partial charge in [-0.1, -0.05) is 0 Å². The van der Waals surface area contributed by atoms with Crippen LogP contribution in [-0.2, 0) is 14.4 Å². The number of nitrogens with one attached hydrogen (secondary N) is 1. The number of carbonyl (C=O) groups is 3. The third-order valence-corrected chi connectivity index (χ3v) is 1.08. The lowest BCUT2D eigenvalue weighted by molar-refractivity contribution is -0.129. The summed E-state index contributed by atoms with van der Waals surface area (Å²) >= 11 is 0. The first-order valence-corrected chi connectivity index (χ1v) is 3.28. The summed E-state index contributed by atoms with van der Waals surface area (Å²) in [7, 11) is 1.45. The van der Waals surface area contributed by atoms with Crippen molar-refractivity contribution in [3.05, 3.63) is 0 Å². The molecule has 0 unspecified atom stereocenters. The van der Waals surface area contributed by atoms with Gasteiger partial charge < -0.3 is 5.32 Å². The second kappa shape index (κ2) is 4.60. The monoisotopic (exact) mass is 157 g/mol. The summed E-state index contributed by atoms with van der Waals surface area (Å²) in [5, 5.41) is 2.30. The predicted octanol–water partition coefficient (Wildman–Crippen LogP) is -0.329. The third-order valence-electron chi connectivity index (χ3n) is 1.08. The molecule has 0 spiro atoms. The van der Waals surface area contributed by atoms with Crippen LogP contribution in [0.3, 0.4) is 0 Å². The van der Waals surface area contributed by atoms with E-state index in [1.54, 1.807) is 0 Å². The highest BCUT2D eigenvalue weighted by atomic mass is 16.2. The van der Waals surface area contributed by atoms with Crippen molar-refractivity contribution in [3.8, 4) is 0 Å². The summed E-state index contributed by atoms with van der Waals surface area (Å²) in [5.74, 6) is -0.896. The summed E-state index contributed by atoms with van der Waals surface area (Å²) < 4.78 is 0. The molecule has 0 aromatic carbocycles. The minimum Gasteiger partial charge on any atom is -0.359 e. The van der Waals surface area contributed by atoms with Crippen LogP contribution in [0.1, 0.15) is 19.8 Å². The molecule has 0 aromatic rings. The number of rotatable bonds is 4. The summed E-state index contributed by atoms with van der Waals surface area (Å²) in [6.07, 6.45) is -0.344. The molecule has 1 amide bonds. The van der Waals surface area contributed by atoms with Crippen LogP contribution < -0.4 is 5.32 Å². The molecule has 0 aliphatic carbocycles. The zero-order chi connectivity index (χ0) is 8.85. The highest BCUT2D eigenvalue weighted by Gasteiger charge is 2.09. The molecule has 0 aliphatic rings. The molecule has 11 heavy (non-hydrogen) atoms. The van der Waals surface area contributed by atoms with E-state index in [2.05, 4.69) is 5.32 Å². The Bertz CT molecular complexity index is 186. The Kier molecular flexibility index (Phi) is 4.10. The van der Waals surface area contributed by atoms with Crippen molar-refractivity contribution >= 4 is 17.5 Å². The molecule has 0 rings (SSSR count). The maximum absolute atomic E-state index is 10.7. The Morgan fingerprint density at radius 1 is 1.18 bits per heavy atom. The molecule has 1 N–H and O–H groups in total.